The van der Waals surface area contributed by atoms with Crippen LogP contribution in [0.5, 0.6) is 0 Å². The molecule has 0 unspecified atom stereocenters. The Hall–Kier alpha value is -4.14. The van der Waals surface area contributed by atoms with Crippen molar-refractivity contribution in [3.63, 3.8) is 0 Å². The number of amides is 3. The highest BCUT2D eigenvalue weighted by Crippen LogP contribution is 2.34. The number of aromatic amines is 1. The highest BCUT2D eigenvalue weighted by Gasteiger charge is 2.50. The van der Waals surface area contributed by atoms with Gasteiger partial charge in [0.25, 0.3) is 11.8 Å². The molecule has 1 aromatic carbocycles. The zero-order valence-corrected chi connectivity index (χ0v) is 21.6. The number of rotatable bonds is 4. The number of fused-ring (bicyclic) bond motifs is 4. The highest BCUT2D eigenvalue weighted by molar-refractivity contribution is 6.01. The average Bonchev–Trinajstić information content (AvgIpc) is 3.67. The Morgan fingerprint density at radius 3 is 2.47 bits per heavy atom. The van der Waals surface area contributed by atoms with E-state index in [4.69, 9.17) is 0 Å². The topological polar surface area (TPSA) is 89.9 Å². The molecule has 2 bridgehead atoms. The fourth-order valence-corrected chi connectivity index (χ4v) is 5.79. The minimum absolute atomic E-state index is 0.0278. The average molecular weight is 516 g/mol. The number of para-hydroxylation sites is 1. The normalized spacial score (nSPS) is 19.9. The third-order valence-corrected chi connectivity index (χ3v) is 7.77. The summed E-state index contributed by atoms with van der Waals surface area (Å²) in [6.45, 7) is 6.62. The van der Waals surface area contributed by atoms with Gasteiger partial charge < -0.3 is 24.5 Å². The number of benzene rings is 1. The van der Waals surface area contributed by atoms with Crippen molar-refractivity contribution in [2.24, 2.45) is 5.41 Å². The Balaban J connectivity index is 1.17. The molecule has 2 aliphatic rings. The van der Waals surface area contributed by atoms with Crippen LogP contribution in [0, 0.1) is 11.2 Å². The number of carbonyl (C=O) groups is 3. The van der Waals surface area contributed by atoms with Crippen molar-refractivity contribution in [3.05, 3.63) is 78.0 Å². The van der Waals surface area contributed by atoms with E-state index in [-0.39, 0.29) is 35.1 Å². The van der Waals surface area contributed by atoms with Crippen LogP contribution in [-0.4, -0.2) is 68.1 Å². The predicted octanol–water partition coefficient (Wildman–Crippen LogP) is 3.83. The van der Waals surface area contributed by atoms with E-state index in [0.717, 1.165) is 11.9 Å². The molecule has 0 spiro atoms. The number of hydrogen-bond acceptors (Lipinski definition) is 3. The minimum Gasteiger partial charge on any atom is -0.348 e. The van der Waals surface area contributed by atoms with Crippen LogP contribution < -0.4 is 5.32 Å². The molecule has 2 aliphatic heterocycles. The van der Waals surface area contributed by atoms with Gasteiger partial charge in [0.05, 0.1) is 23.2 Å². The number of likely N-dealkylation sites (tertiary alicyclic amines) is 2. The van der Waals surface area contributed by atoms with Gasteiger partial charge in [-0.25, -0.2) is 4.39 Å². The van der Waals surface area contributed by atoms with Crippen LogP contribution in [0.4, 0.5) is 4.39 Å². The zero-order valence-electron chi connectivity index (χ0n) is 21.6. The van der Waals surface area contributed by atoms with Crippen molar-refractivity contribution in [2.45, 2.75) is 45.3 Å². The standard InChI is InChI=1S/C29H30FN5O3/c1-29(2,3)25(32-26(36)23-12-17-7-6-9-22(30)24(17)31-23)28(38)35-16-20-13-21(35)15-34(20)27(37)18-11-19-8-4-5-10-33(19)14-18/h4-12,14,20-21,25,31H,13,15-16H2,1-3H3,(H,32,36)/t20-,21-,25+/m0/s1. The number of carbonyl (C=O) groups excluding carboxylic acids is 3. The van der Waals surface area contributed by atoms with Crippen molar-refractivity contribution in [1.82, 2.24) is 24.5 Å². The molecule has 3 amide bonds. The van der Waals surface area contributed by atoms with E-state index < -0.39 is 23.2 Å². The SMILES string of the molecule is CC(C)(C)[C@H](NC(=O)c1cc2cccc(F)c2[nH]1)C(=O)N1C[C@@H]2C[C@H]1CN2C(=O)c1cc2ccccn2c1. The molecule has 3 aromatic heterocycles. The maximum atomic E-state index is 14.1. The number of pyridine rings is 1. The van der Waals surface area contributed by atoms with Crippen molar-refractivity contribution < 1.29 is 18.8 Å². The van der Waals surface area contributed by atoms with Gasteiger partial charge in [-0.2, -0.15) is 0 Å². The molecular formula is C29H30FN5O3. The van der Waals surface area contributed by atoms with Crippen molar-refractivity contribution in [2.75, 3.05) is 13.1 Å². The van der Waals surface area contributed by atoms with Crippen LogP contribution in [0.2, 0.25) is 0 Å². The molecule has 38 heavy (non-hydrogen) atoms. The van der Waals surface area contributed by atoms with Crippen LogP contribution in [-0.2, 0) is 4.79 Å². The number of H-pyrrole nitrogens is 1. The number of hydrogen-bond donors (Lipinski definition) is 2. The Bertz CT molecular complexity index is 1550. The lowest BCUT2D eigenvalue weighted by Gasteiger charge is -2.39. The monoisotopic (exact) mass is 515 g/mol. The summed E-state index contributed by atoms with van der Waals surface area (Å²) in [5.74, 6) is -1.09. The van der Waals surface area contributed by atoms with E-state index in [2.05, 4.69) is 10.3 Å². The molecule has 6 rings (SSSR count). The summed E-state index contributed by atoms with van der Waals surface area (Å²) in [6, 6.07) is 13.0. The Morgan fingerprint density at radius 2 is 1.79 bits per heavy atom. The third-order valence-electron chi connectivity index (χ3n) is 7.77. The van der Waals surface area contributed by atoms with Gasteiger partial charge in [0, 0.05) is 36.4 Å². The first-order valence-corrected chi connectivity index (χ1v) is 12.9. The maximum absolute atomic E-state index is 14.1. The van der Waals surface area contributed by atoms with E-state index in [9.17, 15) is 18.8 Å². The highest BCUT2D eigenvalue weighted by atomic mass is 19.1. The van der Waals surface area contributed by atoms with Crippen LogP contribution in [0.15, 0.2) is 60.9 Å². The van der Waals surface area contributed by atoms with Gasteiger partial charge in [0.15, 0.2) is 0 Å². The molecule has 196 valence electrons. The van der Waals surface area contributed by atoms with Gasteiger partial charge in [-0.05, 0) is 42.2 Å². The van der Waals surface area contributed by atoms with Crippen molar-refractivity contribution in [1.29, 1.82) is 0 Å². The van der Waals surface area contributed by atoms with Crippen molar-refractivity contribution in [3.8, 4) is 0 Å². The number of halogens is 1. The zero-order chi connectivity index (χ0) is 26.8. The smallest absolute Gasteiger partial charge is 0.268 e. The number of nitrogens with zero attached hydrogens (tertiary/aromatic N) is 3. The van der Waals surface area contributed by atoms with E-state index >= 15 is 0 Å². The molecule has 2 saturated heterocycles. The molecule has 4 aromatic rings. The fraction of sp³-hybridized carbons (Fsp3) is 0.345. The number of piperazine rings is 1. The number of aromatic nitrogens is 2. The lowest BCUT2D eigenvalue weighted by atomic mass is 9.85. The van der Waals surface area contributed by atoms with E-state index in [0.29, 0.717) is 24.0 Å². The van der Waals surface area contributed by atoms with Crippen molar-refractivity contribution >= 4 is 34.1 Å². The van der Waals surface area contributed by atoms with Crippen LogP contribution in [0.1, 0.15) is 48.0 Å². The van der Waals surface area contributed by atoms with Gasteiger partial charge in [0.2, 0.25) is 5.91 Å². The van der Waals surface area contributed by atoms with E-state index in [1.165, 1.54) is 6.07 Å². The second-order valence-corrected chi connectivity index (χ2v) is 11.4. The maximum Gasteiger partial charge on any atom is 0.268 e. The molecule has 0 aliphatic carbocycles. The molecule has 5 heterocycles. The largest absolute Gasteiger partial charge is 0.348 e. The van der Waals surface area contributed by atoms with E-state index in [1.54, 1.807) is 18.2 Å². The molecule has 2 N–H and O–H groups in total. The summed E-state index contributed by atoms with van der Waals surface area (Å²) in [4.78, 5) is 46.7. The first-order chi connectivity index (χ1) is 18.1. The van der Waals surface area contributed by atoms with Crippen LogP contribution >= 0.6 is 0 Å². The van der Waals surface area contributed by atoms with Gasteiger partial charge in [-0.15, -0.1) is 0 Å². The summed E-state index contributed by atoms with van der Waals surface area (Å²) in [7, 11) is 0. The summed E-state index contributed by atoms with van der Waals surface area (Å²) < 4.78 is 16.1. The van der Waals surface area contributed by atoms with Gasteiger partial charge in [-0.1, -0.05) is 39.0 Å². The molecule has 9 heteroatoms. The fourth-order valence-electron chi connectivity index (χ4n) is 5.79. The Labute approximate surface area is 219 Å². The Kier molecular flexibility index (Phi) is 5.55. The molecule has 8 nitrogen and oxygen atoms in total. The number of nitrogens with one attached hydrogen (secondary N) is 2. The van der Waals surface area contributed by atoms with Crippen LogP contribution in [0.3, 0.4) is 0 Å². The quantitative estimate of drug-likeness (QED) is 0.433. The lowest BCUT2D eigenvalue weighted by Crippen LogP contribution is -2.59. The second kappa shape index (κ2) is 8.72. The molecular weight excluding hydrogens is 485 g/mol. The molecule has 0 saturated carbocycles. The lowest BCUT2D eigenvalue weighted by molar-refractivity contribution is -0.138. The summed E-state index contributed by atoms with van der Waals surface area (Å²) in [5, 5.41) is 3.49. The molecule has 3 atom stereocenters. The van der Waals surface area contributed by atoms with Gasteiger partial charge >= 0.3 is 0 Å². The van der Waals surface area contributed by atoms with Gasteiger partial charge in [0.1, 0.15) is 17.6 Å². The second-order valence-electron chi connectivity index (χ2n) is 11.4. The van der Waals surface area contributed by atoms with E-state index in [1.807, 2.05) is 71.6 Å². The summed E-state index contributed by atoms with van der Waals surface area (Å²) >= 11 is 0. The summed E-state index contributed by atoms with van der Waals surface area (Å²) in [6.07, 6.45) is 4.47. The Morgan fingerprint density at radius 1 is 1.03 bits per heavy atom. The predicted molar refractivity (Wildman–Crippen MR) is 141 cm³/mol. The molecule has 0 radical (unpaired) electrons. The first-order valence-electron chi connectivity index (χ1n) is 12.9. The first kappa shape index (κ1) is 24.2. The minimum atomic E-state index is -0.786. The summed E-state index contributed by atoms with van der Waals surface area (Å²) in [5.41, 5.74) is 1.49. The molecule has 2 fully saturated rings. The third kappa shape index (κ3) is 4.02. The van der Waals surface area contributed by atoms with Gasteiger partial charge in [-0.3, -0.25) is 14.4 Å². The van der Waals surface area contributed by atoms with Crippen LogP contribution in [0.25, 0.3) is 16.4 Å².